The van der Waals surface area contributed by atoms with E-state index in [1.54, 1.807) is 0 Å². The summed E-state index contributed by atoms with van der Waals surface area (Å²) in [5, 5.41) is 18.6. The zero-order chi connectivity index (χ0) is 15.1. The second-order valence-electron chi connectivity index (χ2n) is 5.48. The highest BCUT2D eigenvalue weighted by molar-refractivity contribution is 5.20. The van der Waals surface area contributed by atoms with E-state index in [2.05, 4.69) is 18.7 Å². The molecule has 1 aromatic heterocycles. The first-order chi connectivity index (χ1) is 9.47. The maximum atomic E-state index is 11.6. The van der Waals surface area contributed by atoms with E-state index in [4.69, 9.17) is 5.11 Å². The SMILES string of the molecule is CCN(CCO)Cc1cc(=O)c(O)cn1CCC(C)C. The number of rotatable bonds is 8. The molecule has 0 saturated carbocycles. The Balaban J connectivity index is 2.96. The van der Waals surface area contributed by atoms with Crippen molar-refractivity contribution in [2.24, 2.45) is 5.92 Å². The Morgan fingerprint density at radius 3 is 2.65 bits per heavy atom. The van der Waals surface area contributed by atoms with E-state index < -0.39 is 0 Å². The van der Waals surface area contributed by atoms with Gasteiger partial charge in [0.05, 0.1) is 12.8 Å². The number of hydrogen-bond acceptors (Lipinski definition) is 4. The van der Waals surface area contributed by atoms with Crippen molar-refractivity contribution in [3.05, 3.63) is 28.2 Å². The number of aromatic hydroxyl groups is 1. The summed E-state index contributed by atoms with van der Waals surface area (Å²) in [5.74, 6) is 0.354. The summed E-state index contributed by atoms with van der Waals surface area (Å²) in [4.78, 5) is 13.7. The minimum absolute atomic E-state index is 0.0994. The van der Waals surface area contributed by atoms with E-state index in [1.165, 1.54) is 12.3 Å². The van der Waals surface area contributed by atoms with Crippen LogP contribution in [0.2, 0.25) is 0 Å². The normalized spacial score (nSPS) is 11.5. The van der Waals surface area contributed by atoms with Gasteiger partial charge in [-0.15, -0.1) is 0 Å². The lowest BCUT2D eigenvalue weighted by Crippen LogP contribution is -2.28. The zero-order valence-corrected chi connectivity index (χ0v) is 12.7. The van der Waals surface area contributed by atoms with Gasteiger partial charge < -0.3 is 14.8 Å². The first-order valence-electron chi connectivity index (χ1n) is 7.23. The van der Waals surface area contributed by atoms with Crippen LogP contribution in [0.3, 0.4) is 0 Å². The van der Waals surface area contributed by atoms with Gasteiger partial charge in [-0.3, -0.25) is 9.69 Å². The summed E-state index contributed by atoms with van der Waals surface area (Å²) >= 11 is 0. The Morgan fingerprint density at radius 2 is 2.10 bits per heavy atom. The molecule has 2 N–H and O–H groups in total. The molecule has 0 unspecified atom stereocenters. The van der Waals surface area contributed by atoms with Crippen molar-refractivity contribution >= 4 is 0 Å². The van der Waals surface area contributed by atoms with Crippen LogP contribution in [-0.4, -0.2) is 39.4 Å². The molecule has 0 bridgehead atoms. The Labute approximate surface area is 120 Å². The van der Waals surface area contributed by atoms with Crippen molar-refractivity contribution in [3.63, 3.8) is 0 Å². The molecule has 0 radical (unpaired) electrons. The summed E-state index contributed by atoms with van der Waals surface area (Å²) in [6.07, 6.45) is 2.51. The largest absolute Gasteiger partial charge is 0.503 e. The van der Waals surface area contributed by atoms with Gasteiger partial charge in [-0.1, -0.05) is 20.8 Å². The summed E-state index contributed by atoms with van der Waals surface area (Å²) in [6, 6.07) is 1.50. The second-order valence-corrected chi connectivity index (χ2v) is 5.48. The van der Waals surface area contributed by atoms with E-state index in [1.807, 2.05) is 11.5 Å². The standard InChI is InChI=1S/C15H26N2O3/c1-4-16(7-8-18)10-13-9-14(19)15(20)11-17(13)6-5-12(2)3/h9,11-12,18,20H,4-8,10H2,1-3H3. The molecular weight excluding hydrogens is 256 g/mol. The molecule has 20 heavy (non-hydrogen) atoms. The van der Waals surface area contributed by atoms with Crippen LogP contribution in [0.4, 0.5) is 0 Å². The van der Waals surface area contributed by atoms with Crippen molar-refractivity contribution in [2.75, 3.05) is 19.7 Å². The molecule has 0 aromatic carbocycles. The molecule has 0 atom stereocenters. The van der Waals surface area contributed by atoms with Gasteiger partial charge in [0.2, 0.25) is 5.43 Å². The van der Waals surface area contributed by atoms with E-state index in [9.17, 15) is 9.90 Å². The van der Waals surface area contributed by atoms with Crippen LogP contribution in [0.15, 0.2) is 17.1 Å². The summed E-state index contributed by atoms with van der Waals surface area (Å²) in [7, 11) is 0. The van der Waals surface area contributed by atoms with Crippen LogP contribution < -0.4 is 5.43 Å². The smallest absolute Gasteiger partial charge is 0.223 e. The van der Waals surface area contributed by atoms with Crippen LogP contribution in [0.25, 0.3) is 0 Å². The molecule has 1 aromatic rings. The number of likely N-dealkylation sites (N-methyl/N-ethyl adjacent to an activating group) is 1. The van der Waals surface area contributed by atoms with Crippen molar-refractivity contribution in [1.29, 1.82) is 0 Å². The van der Waals surface area contributed by atoms with Gasteiger partial charge in [-0.25, -0.2) is 0 Å². The minimum Gasteiger partial charge on any atom is -0.503 e. The molecular formula is C15H26N2O3. The lowest BCUT2D eigenvalue weighted by atomic mass is 10.1. The molecule has 0 saturated heterocycles. The van der Waals surface area contributed by atoms with E-state index >= 15 is 0 Å². The van der Waals surface area contributed by atoms with Crippen molar-refractivity contribution in [3.8, 4) is 5.75 Å². The number of aliphatic hydroxyl groups is 1. The molecule has 0 amide bonds. The van der Waals surface area contributed by atoms with Gasteiger partial charge in [-0.05, 0) is 18.9 Å². The highest BCUT2D eigenvalue weighted by Crippen LogP contribution is 2.11. The molecule has 0 aliphatic rings. The molecule has 114 valence electrons. The van der Waals surface area contributed by atoms with Gasteiger partial charge >= 0.3 is 0 Å². The fraction of sp³-hybridized carbons (Fsp3) is 0.667. The Hall–Kier alpha value is -1.33. The Morgan fingerprint density at radius 1 is 1.40 bits per heavy atom. The maximum Gasteiger partial charge on any atom is 0.223 e. The van der Waals surface area contributed by atoms with Gasteiger partial charge in [0, 0.05) is 31.4 Å². The summed E-state index contributed by atoms with van der Waals surface area (Å²) in [6.45, 7) is 9.17. The average molecular weight is 282 g/mol. The highest BCUT2D eigenvalue weighted by Gasteiger charge is 2.10. The first kappa shape index (κ1) is 16.7. The van der Waals surface area contributed by atoms with Gasteiger partial charge in [-0.2, -0.15) is 0 Å². The fourth-order valence-electron chi connectivity index (χ4n) is 2.06. The molecule has 0 aliphatic heterocycles. The van der Waals surface area contributed by atoms with Crippen LogP contribution in [0, 0.1) is 5.92 Å². The van der Waals surface area contributed by atoms with Gasteiger partial charge in [0.25, 0.3) is 0 Å². The minimum atomic E-state index is -0.346. The molecule has 5 nitrogen and oxygen atoms in total. The predicted octanol–water partition coefficient (Wildman–Crippen LogP) is 1.41. The number of pyridine rings is 1. The maximum absolute atomic E-state index is 11.6. The molecule has 1 heterocycles. The zero-order valence-electron chi connectivity index (χ0n) is 12.7. The van der Waals surface area contributed by atoms with Crippen LogP contribution in [-0.2, 0) is 13.1 Å². The van der Waals surface area contributed by atoms with Crippen molar-refractivity contribution < 1.29 is 10.2 Å². The van der Waals surface area contributed by atoms with Crippen molar-refractivity contribution in [1.82, 2.24) is 9.47 Å². The van der Waals surface area contributed by atoms with E-state index in [0.29, 0.717) is 19.0 Å². The topological polar surface area (TPSA) is 65.7 Å². The summed E-state index contributed by atoms with van der Waals surface area (Å²) in [5.41, 5.74) is 0.532. The summed E-state index contributed by atoms with van der Waals surface area (Å²) < 4.78 is 1.94. The lowest BCUT2D eigenvalue weighted by Gasteiger charge is -2.22. The molecule has 0 spiro atoms. The lowest BCUT2D eigenvalue weighted by molar-refractivity contribution is 0.193. The van der Waals surface area contributed by atoms with Crippen LogP contribution in [0.1, 0.15) is 32.9 Å². The number of aliphatic hydroxyl groups excluding tert-OH is 1. The van der Waals surface area contributed by atoms with Gasteiger partial charge in [0.1, 0.15) is 0 Å². The predicted molar refractivity (Wildman–Crippen MR) is 79.9 cm³/mol. The third kappa shape index (κ3) is 4.98. The molecule has 0 aliphatic carbocycles. The molecule has 0 fully saturated rings. The first-order valence-corrected chi connectivity index (χ1v) is 7.23. The second kappa shape index (κ2) is 8.07. The third-order valence-electron chi connectivity index (χ3n) is 3.39. The average Bonchev–Trinajstić information content (AvgIpc) is 2.40. The fourth-order valence-corrected chi connectivity index (χ4v) is 2.06. The Kier molecular flexibility index (Phi) is 6.75. The number of nitrogens with zero attached hydrogens (tertiary/aromatic N) is 2. The number of hydrogen-bond donors (Lipinski definition) is 2. The Bertz CT molecular complexity index is 469. The monoisotopic (exact) mass is 282 g/mol. The van der Waals surface area contributed by atoms with E-state index in [-0.39, 0.29) is 17.8 Å². The molecule has 1 rings (SSSR count). The number of aromatic nitrogens is 1. The van der Waals surface area contributed by atoms with Crippen LogP contribution in [0.5, 0.6) is 5.75 Å². The third-order valence-corrected chi connectivity index (χ3v) is 3.39. The van der Waals surface area contributed by atoms with Crippen molar-refractivity contribution in [2.45, 2.75) is 40.3 Å². The van der Waals surface area contributed by atoms with E-state index in [0.717, 1.165) is 25.2 Å². The molecule has 5 heteroatoms. The number of aryl methyl sites for hydroxylation is 1. The quantitative estimate of drug-likeness (QED) is 0.756. The van der Waals surface area contributed by atoms with Crippen LogP contribution >= 0.6 is 0 Å². The highest BCUT2D eigenvalue weighted by atomic mass is 16.3. The van der Waals surface area contributed by atoms with Gasteiger partial charge in [0.15, 0.2) is 5.75 Å².